The van der Waals surface area contributed by atoms with Crippen molar-refractivity contribution in [2.24, 2.45) is 11.8 Å². The molecule has 2 heterocycles. The SMILES string of the molecule is C[C@@H]1C[C@@H](C)CN(C(=O)COC(=O)c2cccc(S(=O)(=O)N3CCCCC3)c2)C1. The summed E-state index contributed by atoms with van der Waals surface area (Å²) in [6.45, 7) is 6.22. The zero-order valence-electron chi connectivity index (χ0n) is 17.2. The minimum atomic E-state index is -3.63. The van der Waals surface area contributed by atoms with E-state index >= 15 is 0 Å². The predicted octanol–water partition coefficient (Wildman–Crippen LogP) is 2.52. The number of nitrogens with zero attached hydrogens (tertiary/aromatic N) is 2. The van der Waals surface area contributed by atoms with Gasteiger partial charge in [-0.3, -0.25) is 4.79 Å². The number of carbonyl (C=O) groups is 2. The maximum Gasteiger partial charge on any atom is 0.338 e. The molecule has 0 spiro atoms. The molecule has 0 radical (unpaired) electrons. The van der Waals surface area contributed by atoms with E-state index in [0.717, 1.165) is 25.7 Å². The number of likely N-dealkylation sites (tertiary alicyclic amines) is 1. The first-order valence-electron chi connectivity index (χ1n) is 10.3. The van der Waals surface area contributed by atoms with E-state index in [0.29, 0.717) is 38.0 Å². The number of piperidine rings is 2. The number of benzene rings is 1. The number of hydrogen-bond donors (Lipinski definition) is 0. The summed E-state index contributed by atoms with van der Waals surface area (Å²) in [7, 11) is -3.63. The average Bonchev–Trinajstić information content (AvgIpc) is 2.71. The minimum absolute atomic E-state index is 0.0823. The Bertz CT molecular complexity index is 838. The second-order valence-electron chi connectivity index (χ2n) is 8.31. The number of amides is 1. The predicted molar refractivity (Wildman–Crippen MR) is 109 cm³/mol. The number of esters is 1. The van der Waals surface area contributed by atoms with Gasteiger partial charge in [-0.25, -0.2) is 13.2 Å². The Morgan fingerprint density at radius 1 is 1.07 bits per heavy atom. The monoisotopic (exact) mass is 422 g/mol. The van der Waals surface area contributed by atoms with Gasteiger partial charge in [0.15, 0.2) is 6.61 Å². The first-order valence-corrected chi connectivity index (χ1v) is 11.8. The Morgan fingerprint density at radius 3 is 2.38 bits per heavy atom. The zero-order valence-corrected chi connectivity index (χ0v) is 18.0. The number of ether oxygens (including phenoxy) is 1. The molecule has 0 unspecified atom stereocenters. The van der Waals surface area contributed by atoms with Crippen LogP contribution in [0.3, 0.4) is 0 Å². The molecule has 2 aliphatic heterocycles. The molecule has 3 rings (SSSR count). The molecule has 0 bridgehead atoms. The summed E-state index contributed by atoms with van der Waals surface area (Å²) in [4.78, 5) is 26.6. The number of sulfonamides is 1. The van der Waals surface area contributed by atoms with E-state index in [1.54, 1.807) is 4.90 Å². The summed E-state index contributed by atoms with van der Waals surface area (Å²) in [5.41, 5.74) is 0.135. The average molecular weight is 423 g/mol. The van der Waals surface area contributed by atoms with Crippen LogP contribution in [0, 0.1) is 11.8 Å². The van der Waals surface area contributed by atoms with Crippen LogP contribution in [0.2, 0.25) is 0 Å². The highest BCUT2D eigenvalue weighted by atomic mass is 32.2. The standard InChI is InChI=1S/C21H30N2O5S/c1-16-11-17(2)14-22(13-16)20(24)15-28-21(25)18-7-6-8-19(12-18)29(26,27)23-9-4-3-5-10-23/h6-8,12,16-17H,3-5,9-11,13-15H2,1-2H3/t16-,17-/m1/s1. The molecular formula is C21H30N2O5S. The lowest BCUT2D eigenvalue weighted by Gasteiger charge is -2.34. The fourth-order valence-electron chi connectivity index (χ4n) is 4.21. The van der Waals surface area contributed by atoms with Gasteiger partial charge >= 0.3 is 5.97 Å². The molecule has 0 N–H and O–H groups in total. The van der Waals surface area contributed by atoms with Crippen molar-refractivity contribution in [1.29, 1.82) is 0 Å². The topological polar surface area (TPSA) is 84.0 Å². The van der Waals surface area contributed by atoms with E-state index in [-0.39, 0.29) is 23.0 Å². The first-order chi connectivity index (χ1) is 13.8. The molecule has 2 aliphatic rings. The van der Waals surface area contributed by atoms with Crippen molar-refractivity contribution in [2.45, 2.75) is 44.4 Å². The molecule has 0 aromatic heterocycles. The first kappa shape index (κ1) is 21.8. The van der Waals surface area contributed by atoms with Crippen molar-refractivity contribution in [3.05, 3.63) is 29.8 Å². The maximum absolute atomic E-state index is 12.8. The van der Waals surface area contributed by atoms with E-state index in [9.17, 15) is 18.0 Å². The van der Waals surface area contributed by atoms with Crippen LogP contribution in [-0.4, -0.2) is 62.3 Å². The van der Waals surface area contributed by atoms with E-state index < -0.39 is 16.0 Å². The normalized spacial score (nSPS) is 23.6. The lowest BCUT2D eigenvalue weighted by Crippen LogP contribution is -2.44. The Labute approximate surface area is 173 Å². The van der Waals surface area contributed by atoms with E-state index in [1.807, 2.05) is 0 Å². The molecular weight excluding hydrogens is 392 g/mol. The van der Waals surface area contributed by atoms with Gasteiger partial charge in [0.1, 0.15) is 0 Å². The van der Waals surface area contributed by atoms with E-state index in [1.165, 1.54) is 28.6 Å². The molecule has 0 saturated carbocycles. The third-order valence-corrected chi connectivity index (χ3v) is 7.47. The summed E-state index contributed by atoms with van der Waals surface area (Å²) in [5.74, 6) is -0.0499. The zero-order chi connectivity index (χ0) is 21.0. The third kappa shape index (κ3) is 5.36. The van der Waals surface area contributed by atoms with Gasteiger partial charge in [-0.05, 0) is 49.3 Å². The summed E-state index contributed by atoms with van der Waals surface area (Å²) < 4.78 is 32.3. The highest BCUT2D eigenvalue weighted by Crippen LogP contribution is 2.22. The lowest BCUT2D eigenvalue weighted by molar-refractivity contribution is -0.137. The molecule has 2 fully saturated rings. The molecule has 2 saturated heterocycles. The molecule has 29 heavy (non-hydrogen) atoms. The van der Waals surface area contributed by atoms with Gasteiger partial charge in [0.2, 0.25) is 10.0 Å². The fraction of sp³-hybridized carbons (Fsp3) is 0.619. The summed E-state index contributed by atoms with van der Waals surface area (Å²) >= 11 is 0. The highest BCUT2D eigenvalue weighted by molar-refractivity contribution is 7.89. The van der Waals surface area contributed by atoms with Crippen LogP contribution in [-0.2, 0) is 19.6 Å². The Hall–Kier alpha value is -1.93. The second kappa shape index (κ2) is 9.26. The van der Waals surface area contributed by atoms with Crippen LogP contribution in [0.15, 0.2) is 29.2 Å². The summed E-state index contributed by atoms with van der Waals surface area (Å²) in [6, 6.07) is 5.86. The molecule has 8 heteroatoms. The van der Waals surface area contributed by atoms with Gasteiger partial charge in [-0.2, -0.15) is 4.31 Å². The van der Waals surface area contributed by atoms with Crippen LogP contribution < -0.4 is 0 Å². The van der Waals surface area contributed by atoms with Crippen molar-refractivity contribution in [1.82, 2.24) is 9.21 Å². The summed E-state index contributed by atoms with van der Waals surface area (Å²) in [6.07, 6.45) is 3.80. The lowest BCUT2D eigenvalue weighted by atomic mass is 9.92. The molecule has 1 aromatic rings. The molecule has 2 atom stereocenters. The molecule has 7 nitrogen and oxygen atoms in total. The Kier molecular flexibility index (Phi) is 6.95. The third-order valence-electron chi connectivity index (χ3n) is 5.57. The van der Waals surface area contributed by atoms with Gasteiger partial charge in [0.05, 0.1) is 10.5 Å². The van der Waals surface area contributed by atoms with Crippen molar-refractivity contribution >= 4 is 21.9 Å². The van der Waals surface area contributed by atoms with Crippen LogP contribution in [0.25, 0.3) is 0 Å². The van der Waals surface area contributed by atoms with Crippen molar-refractivity contribution < 1.29 is 22.7 Å². The number of hydrogen-bond acceptors (Lipinski definition) is 5. The van der Waals surface area contributed by atoms with Crippen LogP contribution in [0.1, 0.15) is 49.9 Å². The van der Waals surface area contributed by atoms with Crippen molar-refractivity contribution in [3.63, 3.8) is 0 Å². The maximum atomic E-state index is 12.8. The quantitative estimate of drug-likeness (QED) is 0.681. The van der Waals surface area contributed by atoms with Crippen LogP contribution in [0.4, 0.5) is 0 Å². The smallest absolute Gasteiger partial charge is 0.338 e. The summed E-state index contributed by atoms with van der Waals surface area (Å²) in [5, 5.41) is 0. The van der Waals surface area contributed by atoms with Crippen LogP contribution >= 0.6 is 0 Å². The van der Waals surface area contributed by atoms with Gasteiger partial charge in [-0.15, -0.1) is 0 Å². The van der Waals surface area contributed by atoms with Gasteiger partial charge in [-0.1, -0.05) is 26.3 Å². The molecule has 1 amide bonds. The second-order valence-corrected chi connectivity index (χ2v) is 10.3. The molecule has 1 aromatic carbocycles. The molecule has 160 valence electrons. The van der Waals surface area contributed by atoms with Crippen molar-refractivity contribution in [2.75, 3.05) is 32.8 Å². The van der Waals surface area contributed by atoms with Gasteiger partial charge in [0, 0.05) is 26.2 Å². The van der Waals surface area contributed by atoms with E-state index in [2.05, 4.69) is 13.8 Å². The Morgan fingerprint density at radius 2 is 1.72 bits per heavy atom. The van der Waals surface area contributed by atoms with Crippen molar-refractivity contribution in [3.8, 4) is 0 Å². The number of carbonyl (C=O) groups excluding carboxylic acids is 2. The Balaban J connectivity index is 1.63. The fourth-order valence-corrected chi connectivity index (χ4v) is 5.77. The minimum Gasteiger partial charge on any atom is -0.452 e. The largest absolute Gasteiger partial charge is 0.452 e. The number of rotatable bonds is 5. The van der Waals surface area contributed by atoms with E-state index in [4.69, 9.17) is 4.74 Å². The van der Waals surface area contributed by atoms with Crippen LogP contribution in [0.5, 0.6) is 0 Å². The highest BCUT2D eigenvalue weighted by Gasteiger charge is 2.28. The molecule has 0 aliphatic carbocycles. The van der Waals surface area contributed by atoms with Gasteiger partial charge in [0.25, 0.3) is 5.91 Å². The van der Waals surface area contributed by atoms with Gasteiger partial charge < -0.3 is 9.64 Å².